The molecule has 0 spiro atoms. The van der Waals surface area contributed by atoms with E-state index in [1.165, 1.54) is 15.6 Å². The lowest BCUT2D eigenvalue weighted by molar-refractivity contribution is 0.300. The number of nitrogens with zero attached hydrogens (tertiary/aromatic N) is 3. The molecule has 6 nitrogen and oxygen atoms in total. The number of allylic oxidation sites excluding steroid dienone is 1. The van der Waals surface area contributed by atoms with Crippen LogP contribution in [0, 0.1) is 0 Å². The van der Waals surface area contributed by atoms with E-state index in [2.05, 4.69) is 58.8 Å². The monoisotopic (exact) mass is 642 g/mol. The van der Waals surface area contributed by atoms with Gasteiger partial charge in [-0.3, -0.25) is 4.99 Å². The van der Waals surface area contributed by atoms with Crippen LogP contribution < -0.4 is 5.32 Å². The zero-order chi connectivity index (χ0) is 28.0. The quantitative estimate of drug-likeness (QED) is 0.117. The second-order valence-electron chi connectivity index (χ2n) is 9.02. The summed E-state index contributed by atoms with van der Waals surface area (Å²) in [7, 11) is -3.54. The molecule has 0 saturated carbocycles. The van der Waals surface area contributed by atoms with Crippen LogP contribution in [0.4, 0.5) is 0 Å². The first-order valence-corrected chi connectivity index (χ1v) is 17.9. The molecule has 38 heavy (non-hydrogen) atoms. The van der Waals surface area contributed by atoms with Gasteiger partial charge in [-0.25, -0.2) is 13.4 Å². The number of benzene rings is 1. The number of hydrogen-bond donors (Lipinski definition) is 1. The molecule has 0 atom stereocenters. The lowest BCUT2D eigenvalue weighted by Gasteiger charge is -2.16. The van der Waals surface area contributed by atoms with Crippen LogP contribution in [0.25, 0.3) is 0 Å². The molecule has 2 rings (SSSR count). The van der Waals surface area contributed by atoms with Crippen LogP contribution in [0.15, 0.2) is 50.4 Å². The number of thioether (sulfide) groups is 1. The van der Waals surface area contributed by atoms with Crippen LogP contribution in [0.2, 0.25) is 0 Å². The molecule has 0 amide bonds. The minimum absolute atomic E-state index is 0.170. The summed E-state index contributed by atoms with van der Waals surface area (Å²) in [4.78, 5) is 13.7. The van der Waals surface area contributed by atoms with Gasteiger partial charge in [0, 0.05) is 33.5 Å². The van der Waals surface area contributed by atoms with Gasteiger partial charge in [-0.1, -0.05) is 45.4 Å². The molecule has 0 aliphatic carbocycles. The summed E-state index contributed by atoms with van der Waals surface area (Å²) < 4.78 is 26.7. The maximum Gasteiger partial charge on any atom is 0.186 e. The fraction of sp³-hybridized carbons (Fsp3) is 0.571. The zero-order valence-electron chi connectivity index (χ0n) is 23.4. The molecule has 2 aromatic rings. The molecular weight excluding hydrogens is 600 g/mol. The van der Waals surface area contributed by atoms with Gasteiger partial charge in [0.1, 0.15) is 11.6 Å². The van der Waals surface area contributed by atoms with E-state index in [-0.39, 0.29) is 10.6 Å². The third-order valence-corrected chi connectivity index (χ3v) is 11.1. The summed E-state index contributed by atoms with van der Waals surface area (Å²) in [5, 5.41) is 4.39. The first-order valence-electron chi connectivity index (χ1n) is 13.4. The summed E-state index contributed by atoms with van der Waals surface area (Å²) >= 11 is 7.02. The Balaban J connectivity index is 1.98. The van der Waals surface area contributed by atoms with Crippen molar-refractivity contribution in [2.45, 2.75) is 71.0 Å². The maximum absolute atomic E-state index is 13.1. The summed E-state index contributed by atoms with van der Waals surface area (Å²) in [5.74, 6) is 1.95. The first kappa shape index (κ1) is 33.0. The van der Waals surface area contributed by atoms with Crippen molar-refractivity contribution in [2.75, 3.05) is 37.7 Å². The summed E-state index contributed by atoms with van der Waals surface area (Å²) in [6.45, 7) is 14.6. The lowest BCUT2D eigenvalue weighted by atomic mass is 10.3. The van der Waals surface area contributed by atoms with E-state index in [1.54, 1.807) is 30.0 Å². The molecule has 0 unspecified atom stereocenters. The molecule has 0 bridgehead atoms. The second-order valence-corrected chi connectivity index (χ2v) is 14.1. The molecule has 0 aliphatic rings. The van der Waals surface area contributed by atoms with Gasteiger partial charge in [0.15, 0.2) is 9.84 Å². The number of aromatic nitrogens is 1. The Morgan fingerprint density at radius 3 is 2.61 bits per heavy atom. The van der Waals surface area contributed by atoms with Gasteiger partial charge in [-0.15, -0.1) is 11.3 Å². The highest BCUT2D eigenvalue weighted by molar-refractivity contribution is 9.10. The van der Waals surface area contributed by atoms with E-state index in [0.29, 0.717) is 16.9 Å². The molecule has 1 N–H and O–H groups in total. The molecule has 1 heterocycles. The predicted molar refractivity (Wildman–Crippen MR) is 169 cm³/mol. The predicted octanol–water partition coefficient (Wildman–Crippen LogP) is 6.75. The van der Waals surface area contributed by atoms with Crippen LogP contribution in [0.3, 0.4) is 0 Å². The zero-order valence-corrected chi connectivity index (χ0v) is 27.5. The SMILES string of the molecule is CCC(C)=CNC(CS(=O)(=O)c1ccccc1Br)=NCCSCc1nc(CCCN(CC)CC)sc1CC. The molecule has 1 aromatic heterocycles. The van der Waals surface area contributed by atoms with Crippen LogP contribution >= 0.6 is 39.0 Å². The summed E-state index contributed by atoms with van der Waals surface area (Å²) in [6.07, 6.45) is 5.93. The smallest absolute Gasteiger partial charge is 0.186 e. The fourth-order valence-electron chi connectivity index (χ4n) is 3.74. The molecule has 10 heteroatoms. The van der Waals surface area contributed by atoms with Crippen molar-refractivity contribution in [1.82, 2.24) is 15.2 Å². The van der Waals surface area contributed by atoms with Gasteiger partial charge >= 0.3 is 0 Å². The van der Waals surface area contributed by atoms with E-state index in [9.17, 15) is 8.42 Å². The van der Waals surface area contributed by atoms with Crippen LogP contribution in [0.5, 0.6) is 0 Å². The number of sulfone groups is 1. The van der Waals surface area contributed by atoms with Crippen LogP contribution in [0.1, 0.15) is 63.0 Å². The highest BCUT2D eigenvalue weighted by Crippen LogP contribution is 2.25. The van der Waals surface area contributed by atoms with Gasteiger partial charge in [0.2, 0.25) is 0 Å². The van der Waals surface area contributed by atoms with E-state index in [1.807, 2.05) is 30.5 Å². The largest absolute Gasteiger partial charge is 0.350 e. The van der Waals surface area contributed by atoms with Gasteiger partial charge < -0.3 is 10.2 Å². The highest BCUT2D eigenvalue weighted by Gasteiger charge is 2.20. The Morgan fingerprint density at radius 2 is 1.95 bits per heavy atom. The van der Waals surface area contributed by atoms with Gasteiger partial charge in [0.05, 0.1) is 22.1 Å². The van der Waals surface area contributed by atoms with E-state index in [4.69, 9.17) is 4.98 Å². The van der Waals surface area contributed by atoms with Crippen molar-refractivity contribution in [3.05, 3.63) is 56.1 Å². The summed E-state index contributed by atoms with van der Waals surface area (Å²) in [5.41, 5.74) is 2.33. The Labute approximate surface area is 246 Å². The number of rotatable bonds is 17. The topological polar surface area (TPSA) is 74.7 Å². The number of hydrogen-bond acceptors (Lipinski definition) is 7. The van der Waals surface area contributed by atoms with Crippen LogP contribution in [-0.2, 0) is 28.4 Å². The van der Waals surface area contributed by atoms with Gasteiger partial charge in [-0.2, -0.15) is 11.8 Å². The normalized spacial score (nSPS) is 12.9. The van der Waals surface area contributed by atoms with E-state index >= 15 is 0 Å². The molecule has 0 aliphatic heterocycles. The average molecular weight is 644 g/mol. The third-order valence-electron chi connectivity index (χ3n) is 6.22. The van der Waals surface area contributed by atoms with E-state index < -0.39 is 9.84 Å². The van der Waals surface area contributed by atoms with Crippen molar-refractivity contribution in [3.8, 4) is 0 Å². The lowest BCUT2D eigenvalue weighted by Crippen LogP contribution is -2.28. The molecular formula is C28H43BrN4O2S3. The van der Waals surface area contributed by atoms with E-state index in [0.717, 1.165) is 62.4 Å². The average Bonchev–Trinajstić information content (AvgIpc) is 3.30. The van der Waals surface area contributed by atoms with Crippen molar-refractivity contribution >= 4 is 54.7 Å². The second kappa shape index (κ2) is 17.5. The van der Waals surface area contributed by atoms with Crippen molar-refractivity contribution < 1.29 is 8.42 Å². The molecule has 1 aromatic carbocycles. The standard InChI is InChI=1S/C28H43BrN4O2S3/c1-6-22(5)19-31-27(21-38(34,35)26-14-11-10-13-23(26)29)30-16-18-36-20-24-25(7-2)37-28(32-24)15-12-17-33(8-3)9-4/h10-11,13-14,19H,6-9,12,15-18,20-21H2,1-5H3,(H,30,31). The number of aliphatic imine (C=N–C) groups is 1. The molecule has 0 radical (unpaired) electrons. The third kappa shape index (κ3) is 11.1. The minimum Gasteiger partial charge on any atom is -0.350 e. The Morgan fingerprint density at radius 1 is 1.21 bits per heavy atom. The number of nitrogens with one attached hydrogen (secondary N) is 1. The summed E-state index contributed by atoms with van der Waals surface area (Å²) in [6, 6.07) is 6.91. The number of aryl methyl sites for hydroxylation is 2. The fourth-order valence-corrected chi connectivity index (χ4v) is 8.06. The maximum atomic E-state index is 13.1. The van der Waals surface area contributed by atoms with Gasteiger partial charge in [0.25, 0.3) is 0 Å². The molecule has 212 valence electrons. The molecule has 0 fully saturated rings. The highest BCUT2D eigenvalue weighted by atomic mass is 79.9. The van der Waals surface area contributed by atoms with Crippen molar-refractivity contribution in [3.63, 3.8) is 0 Å². The van der Waals surface area contributed by atoms with Crippen molar-refractivity contribution in [2.24, 2.45) is 4.99 Å². The number of halogens is 1. The Hall–Kier alpha value is -1.20. The number of amidine groups is 1. The Kier molecular flexibility index (Phi) is 15.2. The first-order chi connectivity index (χ1) is 18.2. The van der Waals surface area contributed by atoms with Gasteiger partial charge in [-0.05, 0) is 73.9 Å². The van der Waals surface area contributed by atoms with Crippen LogP contribution in [-0.4, -0.2) is 61.8 Å². The molecule has 0 saturated heterocycles. The minimum atomic E-state index is -3.54. The number of thiazole rings is 1. The van der Waals surface area contributed by atoms with Crippen molar-refractivity contribution in [1.29, 1.82) is 0 Å². The Bertz CT molecular complexity index is 1160.